The van der Waals surface area contributed by atoms with Crippen LogP contribution in [0, 0.1) is 0 Å². The van der Waals surface area contributed by atoms with Gasteiger partial charge in [-0.3, -0.25) is 4.79 Å². The number of halogens is 3. The van der Waals surface area contributed by atoms with Crippen molar-refractivity contribution in [3.63, 3.8) is 0 Å². The van der Waals surface area contributed by atoms with Crippen molar-refractivity contribution in [1.29, 1.82) is 0 Å². The molecule has 5 nitrogen and oxygen atoms in total. The first-order valence-corrected chi connectivity index (χ1v) is 5.93. The maximum atomic E-state index is 12.1. The van der Waals surface area contributed by atoms with Crippen LogP contribution < -0.4 is 4.74 Å². The zero-order valence-electron chi connectivity index (χ0n) is 10.8. The molecule has 0 amide bonds. The number of carbonyl (C=O) groups is 2. The molecular formula is C13H11ClF2O5. The normalized spacial score (nSPS) is 11.9. The molecule has 0 aliphatic heterocycles. The lowest BCUT2D eigenvalue weighted by atomic mass is 10.0. The van der Waals surface area contributed by atoms with Crippen molar-refractivity contribution in [2.75, 3.05) is 0 Å². The van der Waals surface area contributed by atoms with E-state index in [-0.39, 0.29) is 16.3 Å². The largest absolute Gasteiger partial charge is 0.478 e. The van der Waals surface area contributed by atoms with Crippen LogP contribution in [0.5, 0.6) is 5.75 Å². The lowest BCUT2D eigenvalue weighted by molar-refractivity contribution is -0.146. The van der Waals surface area contributed by atoms with Crippen molar-refractivity contribution in [3.8, 4) is 5.75 Å². The molecule has 1 aromatic carbocycles. The third-order valence-corrected chi connectivity index (χ3v) is 2.65. The van der Waals surface area contributed by atoms with Crippen LogP contribution in [-0.2, 0) is 14.3 Å². The van der Waals surface area contributed by atoms with Crippen molar-refractivity contribution in [2.45, 2.75) is 19.6 Å². The number of benzene rings is 1. The quantitative estimate of drug-likeness (QED) is 0.643. The molecule has 8 heteroatoms. The number of carbonyl (C=O) groups excluding carboxylic acids is 1. The van der Waals surface area contributed by atoms with E-state index in [1.54, 1.807) is 0 Å². The van der Waals surface area contributed by atoms with Gasteiger partial charge in [0, 0.05) is 6.92 Å². The Labute approximate surface area is 123 Å². The first-order valence-electron chi connectivity index (χ1n) is 5.56. The van der Waals surface area contributed by atoms with Gasteiger partial charge >= 0.3 is 18.6 Å². The summed E-state index contributed by atoms with van der Waals surface area (Å²) in [5.41, 5.74) is -0.229. The van der Waals surface area contributed by atoms with Crippen LogP contribution in [0.3, 0.4) is 0 Å². The second-order valence-electron chi connectivity index (χ2n) is 3.89. The van der Waals surface area contributed by atoms with Crippen molar-refractivity contribution >= 4 is 23.5 Å². The Bertz CT molecular complexity index is 574. The lowest BCUT2D eigenvalue weighted by Crippen LogP contribution is -2.16. The monoisotopic (exact) mass is 320 g/mol. The van der Waals surface area contributed by atoms with Gasteiger partial charge in [-0.05, 0) is 17.7 Å². The molecule has 114 valence electrons. The summed E-state index contributed by atoms with van der Waals surface area (Å²) in [6.07, 6.45) is -1.28. The van der Waals surface area contributed by atoms with Crippen LogP contribution in [0.25, 0.3) is 0 Å². The summed E-state index contributed by atoms with van der Waals surface area (Å²) < 4.78 is 33.3. The topological polar surface area (TPSA) is 72.8 Å². The zero-order valence-corrected chi connectivity index (χ0v) is 11.6. The average Bonchev–Trinajstić information content (AvgIpc) is 2.36. The van der Waals surface area contributed by atoms with Crippen LogP contribution >= 0.6 is 11.6 Å². The molecule has 0 saturated heterocycles. The van der Waals surface area contributed by atoms with Gasteiger partial charge in [0.25, 0.3) is 0 Å². The van der Waals surface area contributed by atoms with E-state index < -0.39 is 30.2 Å². The molecule has 21 heavy (non-hydrogen) atoms. The van der Waals surface area contributed by atoms with Gasteiger partial charge in [0.05, 0.1) is 10.6 Å². The summed E-state index contributed by atoms with van der Waals surface area (Å²) in [7, 11) is 0. The van der Waals surface area contributed by atoms with Gasteiger partial charge in [0.2, 0.25) is 0 Å². The Balaban J connectivity index is 3.14. The van der Waals surface area contributed by atoms with Crippen molar-refractivity contribution in [2.24, 2.45) is 0 Å². The number of aliphatic carboxylic acids is 1. The van der Waals surface area contributed by atoms with Crippen LogP contribution in [-0.4, -0.2) is 23.7 Å². The van der Waals surface area contributed by atoms with Gasteiger partial charge in [0.1, 0.15) is 5.75 Å². The Hall–Kier alpha value is -2.15. The number of esters is 1. The van der Waals surface area contributed by atoms with Crippen LogP contribution in [0.4, 0.5) is 8.78 Å². The number of rotatable bonds is 6. The van der Waals surface area contributed by atoms with Gasteiger partial charge < -0.3 is 14.6 Å². The summed E-state index contributed by atoms with van der Waals surface area (Å²) in [5.74, 6) is -2.38. The smallest absolute Gasteiger partial charge is 0.387 e. The molecule has 1 rings (SSSR count). The van der Waals surface area contributed by atoms with E-state index >= 15 is 0 Å². The van der Waals surface area contributed by atoms with E-state index in [4.69, 9.17) is 21.4 Å². The zero-order chi connectivity index (χ0) is 16.2. The minimum Gasteiger partial charge on any atom is -0.478 e. The number of ether oxygens (including phenoxy) is 2. The van der Waals surface area contributed by atoms with E-state index in [2.05, 4.69) is 11.3 Å². The van der Waals surface area contributed by atoms with Crippen LogP contribution in [0.1, 0.15) is 18.6 Å². The first-order chi connectivity index (χ1) is 9.72. The second kappa shape index (κ2) is 7.03. The highest BCUT2D eigenvalue weighted by molar-refractivity contribution is 6.32. The summed E-state index contributed by atoms with van der Waals surface area (Å²) in [4.78, 5) is 22.0. The molecule has 0 bridgehead atoms. The molecule has 0 radical (unpaired) electrons. The maximum absolute atomic E-state index is 12.1. The molecule has 0 fully saturated rings. The van der Waals surface area contributed by atoms with E-state index in [1.165, 1.54) is 12.1 Å². The Morgan fingerprint density at radius 3 is 2.43 bits per heavy atom. The molecule has 0 spiro atoms. The molecule has 0 saturated carbocycles. The van der Waals surface area contributed by atoms with Crippen LogP contribution in [0.15, 0.2) is 30.4 Å². The van der Waals surface area contributed by atoms with Gasteiger partial charge in [-0.25, -0.2) is 4.79 Å². The number of hydrogen-bond acceptors (Lipinski definition) is 4. The molecule has 1 aromatic rings. The maximum Gasteiger partial charge on any atom is 0.387 e. The summed E-state index contributed by atoms with van der Waals surface area (Å²) >= 11 is 5.76. The Kier molecular flexibility index (Phi) is 5.66. The lowest BCUT2D eigenvalue weighted by Gasteiger charge is -2.18. The number of carboxylic acids is 1. The van der Waals surface area contributed by atoms with Crippen molar-refractivity contribution in [3.05, 3.63) is 40.9 Å². The average molecular weight is 321 g/mol. The van der Waals surface area contributed by atoms with E-state index in [1.807, 2.05) is 0 Å². The first kappa shape index (κ1) is 16.9. The van der Waals surface area contributed by atoms with Gasteiger partial charge in [-0.2, -0.15) is 8.78 Å². The molecule has 1 unspecified atom stereocenters. The fourth-order valence-corrected chi connectivity index (χ4v) is 1.72. The molecule has 0 aliphatic carbocycles. The van der Waals surface area contributed by atoms with E-state index in [0.29, 0.717) is 0 Å². The fraction of sp³-hybridized carbons (Fsp3) is 0.231. The summed E-state index contributed by atoms with van der Waals surface area (Å²) in [5, 5.41) is 8.74. The Morgan fingerprint density at radius 2 is 2.00 bits per heavy atom. The highest BCUT2D eigenvalue weighted by Crippen LogP contribution is 2.33. The summed E-state index contributed by atoms with van der Waals surface area (Å²) in [6.45, 7) is 1.36. The van der Waals surface area contributed by atoms with E-state index in [9.17, 15) is 18.4 Å². The SMILES string of the molecule is C=C(C(=O)O)C(OC(C)=O)c1ccc(OC(F)F)c(Cl)c1. The molecule has 0 aromatic heterocycles. The molecular weight excluding hydrogens is 310 g/mol. The van der Waals surface area contributed by atoms with Crippen LogP contribution in [0.2, 0.25) is 5.02 Å². The standard InChI is InChI=1S/C13H11ClF2O5/c1-6(12(18)19)11(20-7(2)17)8-3-4-10(9(14)5-8)21-13(15)16/h3-5,11,13H,1H2,2H3,(H,18,19). The molecule has 1 N–H and O–H groups in total. The Morgan fingerprint density at radius 1 is 1.38 bits per heavy atom. The number of carboxylic acid groups (broad SMARTS) is 1. The summed E-state index contributed by atoms with van der Waals surface area (Å²) in [6, 6.07) is 3.54. The molecule has 0 aliphatic rings. The van der Waals surface area contributed by atoms with Crippen molar-refractivity contribution in [1.82, 2.24) is 0 Å². The highest BCUT2D eigenvalue weighted by atomic mass is 35.5. The molecule has 1 atom stereocenters. The highest BCUT2D eigenvalue weighted by Gasteiger charge is 2.24. The number of alkyl halides is 2. The van der Waals surface area contributed by atoms with E-state index in [0.717, 1.165) is 13.0 Å². The minimum absolute atomic E-state index is 0.171. The second-order valence-corrected chi connectivity index (χ2v) is 4.30. The third-order valence-electron chi connectivity index (χ3n) is 2.35. The molecule has 0 heterocycles. The fourth-order valence-electron chi connectivity index (χ4n) is 1.49. The van der Waals surface area contributed by atoms with Gasteiger partial charge in [-0.1, -0.05) is 24.2 Å². The third kappa shape index (κ3) is 4.71. The predicted octanol–water partition coefficient (Wildman–Crippen LogP) is 3.19. The minimum atomic E-state index is -3.05. The number of hydrogen-bond donors (Lipinski definition) is 1. The van der Waals surface area contributed by atoms with Gasteiger partial charge in [0.15, 0.2) is 6.10 Å². The van der Waals surface area contributed by atoms with Gasteiger partial charge in [-0.15, -0.1) is 0 Å². The predicted molar refractivity (Wildman–Crippen MR) is 69.4 cm³/mol. The van der Waals surface area contributed by atoms with Crippen molar-refractivity contribution < 1.29 is 33.0 Å².